The summed E-state index contributed by atoms with van der Waals surface area (Å²) in [5.74, 6) is -1.68. The van der Waals surface area contributed by atoms with Crippen molar-refractivity contribution in [3.8, 4) is 22.6 Å². The van der Waals surface area contributed by atoms with E-state index in [4.69, 9.17) is 9.47 Å². The molecule has 0 radical (unpaired) electrons. The van der Waals surface area contributed by atoms with Crippen LogP contribution in [0, 0.1) is 23.4 Å². The van der Waals surface area contributed by atoms with Gasteiger partial charge >= 0.3 is 0 Å². The molecule has 0 saturated heterocycles. The molecule has 1 unspecified atom stereocenters. The Balaban J connectivity index is 1.31. The fraction of sp³-hybridized carbons (Fsp3) is 0.355. The van der Waals surface area contributed by atoms with Gasteiger partial charge in [0, 0.05) is 5.56 Å². The summed E-state index contributed by atoms with van der Waals surface area (Å²) in [6.07, 6.45) is 5.24. The van der Waals surface area contributed by atoms with Crippen molar-refractivity contribution in [2.75, 3.05) is 13.2 Å². The average molecular weight is 511 g/mol. The highest BCUT2D eigenvalue weighted by Crippen LogP contribution is 2.38. The van der Waals surface area contributed by atoms with Gasteiger partial charge in [0.15, 0.2) is 23.1 Å². The summed E-state index contributed by atoms with van der Waals surface area (Å²) >= 11 is 0. The Morgan fingerprint density at radius 1 is 0.919 bits per heavy atom. The van der Waals surface area contributed by atoms with E-state index >= 15 is 0 Å². The Bertz CT molecular complexity index is 1200. The molecule has 1 N–H and O–H groups in total. The highest BCUT2D eigenvalue weighted by molar-refractivity contribution is 5.65. The summed E-state index contributed by atoms with van der Waals surface area (Å²) in [5.41, 5.74) is 2.33. The van der Waals surface area contributed by atoms with Gasteiger partial charge in [-0.1, -0.05) is 36.4 Å². The van der Waals surface area contributed by atoms with Crippen molar-refractivity contribution < 1.29 is 27.8 Å². The second-order valence-corrected chi connectivity index (χ2v) is 9.68. The van der Waals surface area contributed by atoms with E-state index in [2.05, 4.69) is 6.58 Å². The highest BCUT2D eigenvalue weighted by Gasteiger charge is 2.25. The number of aliphatic hydroxyl groups excluding tert-OH is 1. The van der Waals surface area contributed by atoms with Crippen molar-refractivity contribution >= 4 is 0 Å². The number of hydrogen-bond donors (Lipinski definition) is 1. The molecule has 4 rings (SSSR count). The van der Waals surface area contributed by atoms with Crippen molar-refractivity contribution in [2.45, 2.75) is 51.0 Å². The van der Waals surface area contributed by atoms with E-state index in [0.717, 1.165) is 31.2 Å². The van der Waals surface area contributed by atoms with Gasteiger partial charge < -0.3 is 14.6 Å². The first-order chi connectivity index (χ1) is 17.9. The maximum atomic E-state index is 14.8. The molecule has 0 heterocycles. The van der Waals surface area contributed by atoms with Crippen molar-refractivity contribution in [1.29, 1.82) is 0 Å². The molecule has 0 aliphatic heterocycles. The van der Waals surface area contributed by atoms with Gasteiger partial charge in [0.25, 0.3) is 0 Å². The number of ether oxygens (including phenoxy) is 2. The molecule has 1 fully saturated rings. The molecule has 0 spiro atoms. The molecule has 0 bridgehead atoms. The number of hydrogen-bond acceptors (Lipinski definition) is 3. The van der Waals surface area contributed by atoms with Crippen LogP contribution in [0.15, 0.2) is 67.3 Å². The monoisotopic (exact) mass is 510 g/mol. The Labute approximate surface area is 216 Å². The standard InChI is InChI=1S/C31H33F3O3/c1-3-4-17-36-28-15-13-25(18-27(28)32)23-7-5-21(6-8-23)19-37-29-16-14-26(30(33)31(29)34)24-11-9-22(10-12-24)20(2)35/h3,9-16,18,20-21,23,35H,1,4-8,17,19H2,2H3. The maximum absolute atomic E-state index is 14.8. The van der Waals surface area contributed by atoms with E-state index in [1.165, 1.54) is 12.1 Å². The Hall–Kier alpha value is -3.25. The van der Waals surface area contributed by atoms with Crippen LogP contribution in [0.4, 0.5) is 13.2 Å². The zero-order valence-electron chi connectivity index (χ0n) is 21.1. The smallest absolute Gasteiger partial charge is 0.201 e. The molecule has 0 amide bonds. The topological polar surface area (TPSA) is 38.7 Å². The van der Waals surface area contributed by atoms with Gasteiger partial charge in [-0.15, -0.1) is 6.58 Å². The average Bonchev–Trinajstić information content (AvgIpc) is 2.91. The molecule has 37 heavy (non-hydrogen) atoms. The quantitative estimate of drug-likeness (QED) is 0.221. The molecule has 196 valence electrons. The minimum absolute atomic E-state index is 0.0990. The third-order valence-corrected chi connectivity index (χ3v) is 7.08. The van der Waals surface area contributed by atoms with E-state index in [1.807, 2.05) is 6.07 Å². The van der Waals surface area contributed by atoms with Crippen LogP contribution in [0.25, 0.3) is 11.1 Å². The minimum atomic E-state index is -1.00. The van der Waals surface area contributed by atoms with E-state index in [-0.39, 0.29) is 34.7 Å². The zero-order chi connectivity index (χ0) is 26.4. The molecule has 3 aromatic rings. The molecule has 6 heteroatoms. The Morgan fingerprint density at radius 2 is 1.62 bits per heavy atom. The lowest BCUT2D eigenvalue weighted by atomic mass is 9.79. The van der Waals surface area contributed by atoms with E-state index in [0.29, 0.717) is 30.8 Å². The molecule has 1 atom stereocenters. The lowest BCUT2D eigenvalue weighted by molar-refractivity contribution is 0.192. The number of benzene rings is 3. The molecule has 3 nitrogen and oxygen atoms in total. The third kappa shape index (κ3) is 6.55. The SMILES string of the molecule is C=CCCOc1ccc(C2CCC(COc3ccc(-c4ccc(C(C)O)cc4)c(F)c3F)CC2)cc1F. The first kappa shape index (κ1) is 26.8. The summed E-state index contributed by atoms with van der Waals surface area (Å²) < 4.78 is 55.1. The maximum Gasteiger partial charge on any atom is 0.201 e. The van der Waals surface area contributed by atoms with Crippen LogP contribution in [-0.4, -0.2) is 18.3 Å². The van der Waals surface area contributed by atoms with Crippen molar-refractivity contribution in [3.05, 3.63) is 95.8 Å². The van der Waals surface area contributed by atoms with Gasteiger partial charge in [-0.05, 0) is 91.8 Å². The van der Waals surface area contributed by atoms with Gasteiger partial charge in [0.2, 0.25) is 5.82 Å². The molecular formula is C31H33F3O3. The number of rotatable bonds is 10. The lowest BCUT2D eigenvalue weighted by Crippen LogP contribution is -2.19. The molecule has 0 aromatic heterocycles. The molecular weight excluding hydrogens is 477 g/mol. The summed E-state index contributed by atoms with van der Waals surface area (Å²) in [5, 5.41) is 9.64. The highest BCUT2D eigenvalue weighted by atomic mass is 19.2. The van der Waals surface area contributed by atoms with Crippen LogP contribution >= 0.6 is 0 Å². The van der Waals surface area contributed by atoms with Gasteiger partial charge in [-0.2, -0.15) is 4.39 Å². The summed E-state index contributed by atoms with van der Waals surface area (Å²) in [4.78, 5) is 0. The number of halogens is 3. The zero-order valence-corrected chi connectivity index (χ0v) is 21.1. The Morgan fingerprint density at radius 3 is 2.27 bits per heavy atom. The van der Waals surface area contributed by atoms with Gasteiger partial charge in [-0.3, -0.25) is 0 Å². The summed E-state index contributed by atoms with van der Waals surface area (Å²) in [7, 11) is 0. The van der Waals surface area contributed by atoms with Crippen LogP contribution in [0.1, 0.15) is 62.2 Å². The largest absolute Gasteiger partial charge is 0.490 e. The molecule has 1 aliphatic carbocycles. The molecule has 1 aliphatic rings. The predicted molar refractivity (Wildman–Crippen MR) is 139 cm³/mol. The van der Waals surface area contributed by atoms with Crippen LogP contribution in [-0.2, 0) is 0 Å². The second-order valence-electron chi connectivity index (χ2n) is 9.68. The first-order valence-electron chi connectivity index (χ1n) is 12.8. The van der Waals surface area contributed by atoms with Gasteiger partial charge in [-0.25, -0.2) is 8.78 Å². The van der Waals surface area contributed by atoms with Crippen molar-refractivity contribution in [2.24, 2.45) is 5.92 Å². The predicted octanol–water partition coefficient (Wildman–Crippen LogP) is 8.13. The third-order valence-electron chi connectivity index (χ3n) is 7.08. The first-order valence-corrected chi connectivity index (χ1v) is 12.8. The van der Waals surface area contributed by atoms with Crippen molar-refractivity contribution in [3.63, 3.8) is 0 Å². The van der Waals surface area contributed by atoms with E-state index < -0.39 is 17.7 Å². The van der Waals surface area contributed by atoms with E-state index in [1.54, 1.807) is 49.4 Å². The normalized spacial score (nSPS) is 18.3. The van der Waals surface area contributed by atoms with Crippen LogP contribution < -0.4 is 9.47 Å². The van der Waals surface area contributed by atoms with Crippen LogP contribution in [0.5, 0.6) is 11.5 Å². The second kappa shape index (κ2) is 12.3. The minimum Gasteiger partial charge on any atom is -0.490 e. The summed E-state index contributed by atoms with van der Waals surface area (Å²) in [6.45, 7) is 5.98. The van der Waals surface area contributed by atoms with Gasteiger partial charge in [0.1, 0.15) is 0 Å². The Kier molecular flexibility index (Phi) is 8.93. The summed E-state index contributed by atoms with van der Waals surface area (Å²) in [6, 6.07) is 14.9. The molecule has 1 saturated carbocycles. The van der Waals surface area contributed by atoms with Crippen LogP contribution in [0.3, 0.4) is 0 Å². The van der Waals surface area contributed by atoms with Crippen molar-refractivity contribution in [1.82, 2.24) is 0 Å². The fourth-order valence-corrected chi connectivity index (χ4v) is 4.82. The van der Waals surface area contributed by atoms with E-state index in [9.17, 15) is 18.3 Å². The number of aliphatic hydroxyl groups is 1. The van der Waals surface area contributed by atoms with Crippen LogP contribution in [0.2, 0.25) is 0 Å². The van der Waals surface area contributed by atoms with Gasteiger partial charge in [0.05, 0.1) is 19.3 Å². The lowest BCUT2D eigenvalue weighted by Gasteiger charge is -2.29. The molecule has 3 aromatic carbocycles. The fourth-order valence-electron chi connectivity index (χ4n) is 4.82.